The van der Waals surface area contributed by atoms with Crippen LogP contribution in [0.5, 0.6) is 0 Å². The van der Waals surface area contributed by atoms with E-state index in [0.717, 1.165) is 12.0 Å². The lowest BCUT2D eigenvalue weighted by Crippen LogP contribution is -2.25. The molecule has 0 fully saturated rings. The Morgan fingerprint density at radius 2 is 1.82 bits per heavy atom. The zero-order valence-electron chi connectivity index (χ0n) is 9.28. The van der Waals surface area contributed by atoms with Gasteiger partial charge in [0.1, 0.15) is 0 Å². The van der Waals surface area contributed by atoms with E-state index in [2.05, 4.69) is 27.9 Å². The van der Waals surface area contributed by atoms with E-state index in [1.165, 1.54) is 3.57 Å². The van der Waals surface area contributed by atoms with E-state index < -0.39 is 5.97 Å². The summed E-state index contributed by atoms with van der Waals surface area (Å²) in [5, 5.41) is 11.1. The highest BCUT2D eigenvalue weighted by molar-refractivity contribution is 14.1. The molecule has 0 saturated heterocycles. The summed E-state index contributed by atoms with van der Waals surface area (Å²) in [5.41, 5.74) is 1.16. The molecule has 2 N–H and O–H groups in total. The fraction of sp³-hybridized carbons (Fsp3) is 0.333. The summed E-state index contributed by atoms with van der Waals surface area (Å²) in [7, 11) is 0. The van der Waals surface area contributed by atoms with E-state index in [-0.39, 0.29) is 18.7 Å². The van der Waals surface area contributed by atoms with Gasteiger partial charge in [-0.25, -0.2) is 0 Å². The number of carboxylic acids is 1. The molecule has 1 aromatic carbocycles. The predicted octanol–water partition coefficient (Wildman–Crippen LogP) is 1.81. The van der Waals surface area contributed by atoms with E-state index in [1.807, 2.05) is 24.3 Å². The summed E-state index contributed by atoms with van der Waals surface area (Å²) in [4.78, 5) is 21.5. The molecule has 0 unspecified atom stereocenters. The molecular weight excluding hydrogens is 333 g/mol. The number of carbonyl (C=O) groups excluding carboxylic acids is 1. The van der Waals surface area contributed by atoms with Gasteiger partial charge in [0, 0.05) is 16.5 Å². The van der Waals surface area contributed by atoms with Crippen LogP contribution in [0.1, 0.15) is 18.4 Å². The smallest absolute Gasteiger partial charge is 0.303 e. The second-order valence-corrected chi connectivity index (χ2v) is 4.87. The van der Waals surface area contributed by atoms with Crippen molar-refractivity contribution in [3.05, 3.63) is 33.4 Å². The predicted molar refractivity (Wildman–Crippen MR) is 72.7 cm³/mol. The van der Waals surface area contributed by atoms with E-state index >= 15 is 0 Å². The lowest BCUT2D eigenvalue weighted by Gasteiger charge is -2.04. The molecule has 0 aliphatic rings. The largest absolute Gasteiger partial charge is 0.481 e. The molecule has 0 aliphatic heterocycles. The van der Waals surface area contributed by atoms with Crippen molar-refractivity contribution in [2.75, 3.05) is 6.54 Å². The lowest BCUT2D eigenvalue weighted by molar-refractivity contribution is -0.138. The third-order valence-corrected chi connectivity index (χ3v) is 2.93. The Bertz CT molecular complexity index is 389. The average Bonchev–Trinajstić information content (AvgIpc) is 2.29. The summed E-state index contributed by atoms with van der Waals surface area (Å²) in [6.45, 7) is 0.541. The third-order valence-electron chi connectivity index (χ3n) is 2.22. The van der Waals surface area contributed by atoms with Crippen LogP contribution in [-0.4, -0.2) is 23.5 Å². The first-order chi connectivity index (χ1) is 8.08. The van der Waals surface area contributed by atoms with Crippen LogP contribution >= 0.6 is 22.6 Å². The van der Waals surface area contributed by atoms with Crippen LogP contribution in [0.3, 0.4) is 0 Å². The van der Waals surface area contributed by atoms with Gasteiger partial charge in [-0.2, -0.15) is 0 Å². The summed E-state index contributed by atoms with van der Waals surface area (Å²) in [6, 6.07) is 8.07. The highest BCUT2D eigenvalue weighted by Crippen LogP contribution is 2.06. The summed E-state index contributed by atoms with van der Waals surface area (Å²) >= 11 is 2.24. The van der Waals surface area contributed by atoms with Crippen molar-refractivity contribution in [1.82, 2.24) is 5.32 Å². The first-order valence-electron chi connectivity index (χ1n) is 5.31. The van der Waals surface area contributed by atoms with Crippen molar-refractivity contribution in [3.8, 4) is 0 Å². The first-order valence-corrected chi connectivity index (χ1v) is 6.39. The number of nitrogens with one attached hydrogen (secondary N) is 1. The molecule has 17 heavy (non-hydrogen) atoms. The molecule has 0 saturated carbocycles. The second kappa shape index (κ2) is 7.26. The molecule has 0 aromatic heterocycles. The number of hydrogen-bond donors (Lipinski definition) is 2. The summed E-state index contributed by atoms with van der Waals surface area (Å²) in [5.74, 6) is -1.16. The third kappa shape index (κ3) is 6.25. The van der Waals surface area contributed by atoms with Crippen LogP contribution in [0.4, 0.5) is 0 Å². The van der Waals surface area contributed by atoms with Crippen molar-refractivity contribution >= 4 is 34.5 Å². The van der Waals surface area contributed by atoms with Crippen molar-refractivity contribution in [3.63, 3.8) is 0 Å². The van der Waals surface area contributed by atoms with E-state index in [4.69, 9.17) is 5.11 Å². The van der Waals surface area contributed by atoms with E-state index in [1.54, 1.807) is 0 Å². The molecule has 0 spiro atoms. The number of benzene rings is 1. The number of aliphatic carboxylic acids is 1. The molecule has 92 valence electrons. The second-order valence-electron chi connectivity index (χ2n) is 3.62. The highest BCUT2D eigenvalue weighted by atomic mass is 127. The topological polar surface area (TPSA) is 66.4 Å². The molecule has 0 atom stereocenters. The number of amides is 1. The monoisotopic (exact) mass is 347 g/mol. The molecule has 0 aliphatic carbocycles. The molecule has 0 heterocycles. The van der Waals surface area contributed by atoms with Gasteiger partial charge < -0.3 is 10.4 Å². The van der Waals surface area contributed by atoms with Crippen LogP contribution < -0.4 is 5.32 Å². The summed E-state index contributed by atoms with van der Waals surface area (Å²) in [6.07, 6.45) is 0.688. The van der Waals surface area contributed by atoms with Gasteiger partial charge in [-0.15, -0.1) is 0 Å². The molecule has 5 heteroatoms. The molecule has 1 rings (SSSR count). The molecular formula is C12H14INO3. The summed E-state index contributed by atoms with van der Waals surface area (Å²) < 4.78 is 1.18. The highest BCUT2D eigenvalue weighted by Gasteiger charge is 2.04. The van der Waals surface area contributed by atoms with Crippen LogP contribution in [0.15, 0.2) is 24.3 Å². The maximum Gasteiger partial charge on any atom is 0.303 e. The zero-order chi connectivity index (χ0) is 12.7. The van der Waals surface area contributed by atoms with Crippen molar-refractivity contribution in [1.29, 1.82) is 0 Å². The Labute approximate surface area is 114 Å². The fourth-order valence-corrected chi connectivity index (χ4v) is 1.67. The van der Waals surface area contributed by atoms with Gasteiger partial charge in [0.25, 0.3) is 0 Å². The van der Waals surface area contributed by atoms with Gasteiger partial charge >= 0.3 is 5.97 Å². The zero-order valence-corrected chi connectivity index (χ0v) is 11.4. The molecule has 0 radical (unpaired) electrons. The minimum Gasteiger partial charge on any atom is -0.481 e. The Hall–Kier alpha value is -1.11. The van der Waals surface area contributed by atoms with Gasteiger partial charge in [0.05, 0.1) is 6.42 Å². The van der Waals surface area contributed by atoms with Gasteiger partial charge in [0.15, 0.2) is 0 Å². The number of halogens is 1. The number of rotatable bonds is 6. The first kappa shape index (κ1) is 14.0. The molecule has 1 amide bonds. The lowest BCUT2D eigenvalue weighted by atomic mass is 10.1. The van der Waals surface area contributed by atoms with Crippen molar-refractivity contribution < 1.29 is 14.7 Å². The van der Waals surface area contributed by atoms with Crippen molar-refractivity contribution in [2.45, 2.75) is 19.3 Å². The Morgan fingerprint density at radius 3 is 2.41 bits per heavy atom. The van der Waals surface area contributed by atoms with Crippen LogP contribution in [0.25, 0.3) is 0 Å². The van der Waals surface area contributed by atoms with E-state index in [9.17, 15) is 9.59 Å². The Morgan fingerprint density at radius 1 is 1.18 bits per heavy atom. The maximum absolute atomic E-state index is 11.2. The van der Waals surface area contributed by atoms with Crippen LogP contribution in [-0.2, 0) is 16.0 Å². The SMILES string of the molecule is O=C(O)CCC(=O)NCCc1ccc(I)cc1. The van der Waals surface area contributed by atoms with Gasteiger partial charge in [-0.1, -0.05) is 12.1 Å². The minimum absolute atomic E-state index is 0.0437. The Kier molecular flexibility index (Phi) is 5.96. The van der Waals surface area contributed by atoms with Gasteiger partial charge in [0.2, 0.25) is 5.91 Å². The van der Waals surface area contributed by atoms with Crippen molar-refractivity contribution in [2.24, 2.45) is 0 Å². The maximum atomic E-state index is 11.2. The molecule has 0 bridgehead atoms. The standard InChI is InChI=1S/C12H14INO3/c13-10-3-1-9(2-4-10)7-8-14-11(15)5-6-12(16)17/h1-4H,5-8H2,(H,14,15)(H,16,17). The normalized spacial score (nSPS) is 9.94. The fourth-order valence-electron chi connectivity index (χ4n) is 1.31. The van der Waals surface area contributed by atoms with E-state index in [0.29, 0.717) is 6.54 Å². The van der Waals surface area contributed by atoms with Crippen LogP contribution in [0.2, 0.25) is 0 Å². The number of carboxylic acid groups (broad SMARTS) is 1. The number of hydrogen-bond acceptors (Lipinski definition) is 2. The van der Waals surface area contributed by atoms with Gasteiger partial charge in [-0.05, 0) is 46.7 Å². The quantitative estimate of drug-likeness (QED) is 0.772. The average molecular weight is 347 g/mol. The molecule has 4 nitrogen and oxygen atoms in total. The number of carbonyl (C=O) groups is 2. The Balaban J connectivity index is 2.21. The van der Waals surface area contributed by atoms with Gasteiger partial charge in [-0.3, -0.25) is 9.59 Å². The minimum atomic E-state index is -0.946. The van der Waals surface area contributed by atoms with Crippen LogP contribution in [0, 0.1) is 3.57 Å². The molecule has 1 aromatic rings.